The molecule has 0 radical (unpaired) electrons. The maximum atomic E-state index is 11.5. The van der Waals surface area contributed by atoms with Gasteiger partial charge in [0, 0.05) is 6.20 Å². The topological polar surface area (TPSA) is 55.1 Å². The molecule has 3 rings (SSSR count). The summed E-state index contributed by atoms with van der Waals surface area (Å²) in [4.78, 5) is 11.5. The zero-order chi connectivity index (χ0) is 14.7. The highest BCUT2D eigenvalue weighted by Gasteiger charge is 2.30. The lowest BCUT2D eigenvalue weighted by Gasteiger charge is -2.20. The molecule has 2 saturated carbocycles. The molecule has 2 aliphatic carbocycles. The molecule has 4 heteroatoms. The van der Waals surface area contributed by atoms with Gasteiger partial charge in [-0.05, 0) is 44.1 Å². The second-order valence-electron chi connectivity index (χ2n) is 6.77. The molecule has 0 bridgehead atoms. The average molecular weight is 290 g/mol. The van der Waals surface area contributed by atoms with Crippen molar-refractivity contribution in [3.63, 3.8) is 0 Å². The number of hydrogen-bond donors (Lipinski definition) is 1. The highest BCUT2D eigenvalue weighted by molar-refractivity contribution is 5.70. The number of carboxylic acid groups (broad SMARTS) is 1. The molecule has 116 valence electrons. The van der Waals surface area contributed by atoms with E-state index in [1.807, 2.05) is 0 Å². The smallest absolute Gasteiger partial charge is 0.306 e. The molecule has 0 aliphatic heterocycles. The van der Waals surface area contributed by atoms with Crippen molar-refractivity contribution in [3.05, 3.63) is 18.0 Å². The second kappa shape index (κ2) is 6.63. The van der Waals surface area contributed by atoms with Crippen LogP contribution < -0.4 is 0 Å². The van der Waals surface area contributed by atoms with Crippen LogP contribution in [0.3, 0.4) is 0 Å². The summed E-state index contributed by atoms with van der Waals surface area (Å²) < 4.78 is 2.12. The normalized spacial score (nSPS) is 27.6. The maximum Gasteiger partial charge on any atom is 0.306 e. The van der Waals surface area contributed by atoms with Gasteiger partial charge in [-0.3, -0.25) is 9.48 Å². The highest BCUT2D eigenvalue weighted by atomic mass is 16.4. The van der Waals surface area contributed by atoms with Gasteiger partial charge in [-0.1, -0.05) is 32.1 Å². The van der Waals surface area contributed by atoms with E-state index in [0.717, 1.165) is 37.8 Å². The van der Waals surface area contributed by atoms with E-state index in [0.29, 0.717) is 6.04 Å². The van der Waals surface area contributed by atoms with Crippen LogP contribution in [-0.4, -0.2) is 20.9 Å². The number of nitrogens with zero attached hydrogens (tertiary/aromatic N) is 2. The van der Waals surface area contributed by atoms with E-state index in [1.54, 1.807) is 0 Å². The van der Waals surface area contributed by atoms with E-state index in [-0.39, 0.29) is 11.8 Å². The summed E-state index contributed by atoms with van der Waals surface area (Å²) in [7, 11) is 0. The number of aliphatic carboxylic acids is 1. The Morgan fingerprint density at radius 2 is 1.86 bits per heavy atom. The Morgan fingerprint density at radius 3 is 2.62 bits per heavy atom. The lowest BCUT2D eigenvalue weighted by atomic mass is 9.84. The highest BCUT2D eigenvalue weighted by Crippen LogP contribution is 2.32. The van der Waals surface area contributed by atoms with Crippen molar-refractivity contribution >= 4 is 5.97 Å². The largest absolute Gasteiger partial charge is 0.481 e. The second-order valence-corrected chi connectivity index (χ2v) is 6.77. The fourth-order valence-corrected chi connectivity index (χ4v) is 4.08. The molecule has 0 saturated heterocycles. The van der Waals surface area contributed by atoms with Crippen LogP contribution in [-0.2, 0) is 11.2 Å². The Morgan fingerprint density at radius 1 is 1.14 bits per heavy atom. The molecule has 1 N–H and O–H groups in total. The van der Waals surface area contributed by atoms with Crippen molar-refractivity contribution < 1.29 is 9.90 Å². The quantitative estimate of drug-likeness (QED) is 0.858. The lowest BCUT2D eigenvalue weighted by molar-refractivity contribution is -0.143. The van der Waals surface area contributed by atoms with Gasteiger partial charge >= 0.3 is 5.97 Å². The van der Waals surface area contributed by atoms with Gasteiger partial charge in [0.05, 0.1) is 17.7 Å². The summed E-state index contributed by atoms with van der Waals surface area (Å²) in [5.41, 5.74) is 1.08. The van der Waals surface area contributed by atoms with Gasteiger partial charge in [0.15, 0.2) is 0 Å². The Labute approximate surface area is 126 Å². The van der Waals surface area contributed by atoms with E-state index < -0.39 is 5.97 Å². The molecule has 21 heavy (non-hydrogen) atoms. The van der Waals surface area contributed by atoms with Gasteiger partial charge in [0.2, 0.25) is 0 Å². The number of aromatic nitrogens is 2. The van der Waals surface area contributed by atoms with Crippen LogP contribution in [0, 0.1) is 11.8 Å². The minimum atomic E-state index is -0.614. The number of carbonyl (C=O) groups is 1. The Bertz CT molecular complexity index is 477. The molecule has 2 fully saturated rings. The third-order valence-corrected chi connectivity index (χ3v) is 5.31. The molecular weight excluding hydrogens is 264 g/mol. The molecule has 1 aromatic rings. The van der Waals surface area contributed by atoms with E-state index in [9.17, 15) is 9.90 Å². The van der Waals surface area contributed by atoms with E-state index in [4.69, 9.17) is 5.10 Å². The van der Waals surface area contributed by atoms with Gasteiger partial charge in [-0.2, -0.15) is 5.10 Å². The molecule has 1 heterocycles. The third-order valence-electron chi connectivity index (χ3n) is 5.31. The van der Waals surface area contributed by atoms with E-state index in [2.05, 4.69) is 16.9 Å². The van der Waals surface area contributed by atoms with Crippen LogP contribution in [0.2, 0.25) is 0 Å². The van der Waals surface area contributed by atoms with Crippen molar-refractivity contribution in [2.24, 2.45) is 11.8 Å². The molecule has 4 nitrogen and oxygen atoms in total. The molecular formula is C17H26N2O2. The Kier molecular flexibility index (Phi) is 4.61. The Hall–Kier alpha value is -1.32. The molecule has 0 aromatic carbocycles. The van der Waals surface area contributed by atoms with E-state index in [1.165, 1.54) is 32.1 Å². The van der Waals surface area contributed by atoms with Crippen LogP contribution in [0.25, 0.3) is 0 Å². The van der Waals surface area contributed by atoms with Crippen LogP contribution in [0.15, 0.2) is 12.3 Å². The third kappa shape index (κ3) is 3.47. The summed E-state index contributed by atoms with van der Waals surface area (Å²) in [5, 5.41) is 14.2. The number of carboxylic acids is 1. The van der Waals surface area contributed by atoms with E-state index >= 15 is 0 Å². The van der Waals surface area contributed by atoms with Gasteiger partial charge in [-0.25, -0.2) is 0 Å². The summed E-state index contributed by atoms with van der Waals surface area (Å²) in [6.45, 7) is 0. The van der Waals surface area contributed by atoms with Gasteiger partial charge in [-0.15, -0.1) is 0 Å². The first-order valence-corrected chi connectivity index (χ1v) is 8.51. The first kappa shape index (κ1) is 14.6. The minimum absolute atomic E-state index is 0.177. The fourth-order valence-electron chi connectivity index (χ4n) is 4.08. The molecule has 2 aliphatic rings. The van der Waals surface area contributed by atoms with Gasteiger partial charge in [0.25, 0.3) is 0 Å². The average Bonchev–Trinajstić information content (AvgIpc) is 3.07. The van der Waals surface area contributed by atoms with Crippen molar-refractivity contribution in [2.45, 2.75) is 70.3 Å². The first-order chi connectivity index (χ1) is 10.2. The molecule has 1 aromatic heterocycles. The van der Waals surface area contributed by atoms with Crippen molar-refractivity contribution in [2.75, 3.05) is 0 Å². The van der Waals surface area contributed by atoms with Gasteiger partial charge < -0.3 is 5.11 Å². The summed E-state index contributed by atoms with van der Waals surface area (Å²) in [6, 6.07) is 2.67. The summed E-state index contributed by atoms with van der Waals surface area (Å²) in [6.07, 6.45) is 13.3. The first-order valence-electron chi connectivity index (χ1n) is 8.51. The fraction of sp³-hybridized carbons (Fsp3) is 0.765. The standard InChI is InChI=1S/C17H26N2O2/c20-17(21)16-9-3-1-2-6-13(16)12-14-10-11-19(18-14)15-7-4-5-8-15/h10-11,13,15-16H,1-9,12H2,(H,20,21). The minimum Gasteiger partial charge on any atom is -0.481 e. The number of hydrogen-bond acceptors (Lipinski definition) is 2. The van der Waals surface area contributed by atoms with Crippen molar-refractivity contribution in [1.82, 2.24) is 9.78 Å². The number of rotatable bonds is 4. The molecule has 0 amide bonds. The predicted molar refractivity (Wildman–Crippen MR) is 81.1 cm³/mol. The monoisotopic (exact) mass is 290 g/mol. The summed E-state index contributed by atoms with van der Waals surface area (Å²) >= 11 is 0. The predicted octanol–water partition coefficient (Wildman–Crippen LogP) is 3.82. The maximum absolute atomic E-state index is 11.5. The van der Waals surface area contributed by atoms with Gasteiger partial charge in [0.1, 0.15) is 0 Å². The van der Waals surface area contributed by atoms with Crippen LogP contribution >= 0.6 is 0 Å². The zero-order valence-electron chi connectivity index (χ0n) is 12.7. The Balaban J connectivity index is 1.67. The summed E-state index contributed by atoms with van der Waals surface area (Å²) in [5.74, 6) is -0.529. The molecule has 2 unspecified atom stereocenters. The SMILES string of the molecule is O=C(O)C1CCCCCC1Cc1ccn(C2CCCC2)n1. The molecule has 0 spiro atoms. The van der Waals surface area contributed by atoms with Crippen molar-refractivity contribution in [1.29, 1.82) is 0 Å². The van der Waals surface area contributed by atoms with Crippen LogP contribution in [0.4, 0.5) is 0 Å². The molecule has 2 atom stereocenters. The zero-order valence-corrected chi connectivity index (χ0v) is 12.7. The van der Waals surface area contributed by atoms with Crippen molar-refractivity contribution in [3.8, 4) is 0 Å². The van der Waals surface area contributed by atoms with Crippen LogP contribution in [0.5, 0.6) is 0 Å². The van der Waals surface area contributed by atoms with Crippen LogP contribution in [0.1, 0.15) is 69.5 Å². The lowest BCUT2D eigenvalue weighted by Crippen LogP contribution is -2.24.